The van der Waals surface area contributed by atoms with E-state index < -0.39 is 24.5 Å². The molecule has 18 heavy (non-hydrogen) atoms. The van der Waals surface area contributed by atoms with Crippen molar-refractivity contribution in [3.8, 4) is 11.5 Å². The quantitative estimate of drug-likeness (QED) is 0.567. The van der Waals surface area contributed by atoms with Crippen molar-refractivity contribution in [3.05, 3.63) is 23.8 Å². The number of ether oxygens (including phenoxy) is 1. The van der Waals surface area contributed by atoms with Crippen LogP contribution in [0.3, 0.4) is 0 Å². The molecule has 4 N–H and O–H groups in total. The molecule has 0 aliphatic heterocycles. The predicted molar refractivity (Wildman–Crippen MR) is 60.6 cm³/mol. The maximum Gasteiger partial charge on any atom is 0.334 e. The second-order valence-corrected chi connectivity index (χ2v) is 3.42. The lowest BCUT2D eigenvalue weighted by atomic mass is 10.1. The van der Waals surface area contributed by atoms with Gasteiger partial charge in [-0.15, -0.1) is 0 Å². The topological polar surface area (TPSA) is 116 Å². The zero-order chi connectivity index (χ0) is 13.7. The third-order valence-corrected chi connectivity index (χ3v) is 2.20. The van der Waals surface area contributed by atoms with E-state index >= 15 is 0 Å². The van der Waals surface area contributed by atoms with Crippen molar-refractivity contribution in [2.45, 2.75) is 6.10 Å². The number of amides is 1. The molecule has 0 aliphatic rings. The van der Waals surface area contributed by atoms with Crippen molar-refractivity contribution >= 4 is 11.9 Å². The molecule has 1 atom stereocenters. The number of aliphatic carboxylic acids is 1. The number of hydrogen-bond acceptors (Lipinski definition) is 5. The average Bonchev–Trinajstić information content (AvgIpc) is 2.35. The Morgan fingerprint density at radius 3 is 2.67 bits per heavy atom. The minimum absolute atomic E-state index is 0.0630. The van der Waals surface area contributed by atoms with Crippen LogP contribution < -0.4 is 10.1 Å². The van der Waals surface area contributed by atoms with Crippen LogP contribution in [0.5, 0.6) is 11.5 Å². The first-order valence-corrected chi connectivity index (χ1v) is 5.02. The van der Waals surface area contributed by atoms with Gasteiger partial charge in [0.05, 0.1) is 19.2 Å². The Morgan fingerprint density at radius 2 is 2.11 bits per heavy atom. The third kappa shape index (κ3) is 3.11. The molecule has 98 valence electrons. The van der Waals surface area contributed by atoms with Crippen LogP contribution in [-0.2, 0) is 4.79 Å². The van der Waals surface area contributed by atoms with E-state index in [2.05, 4.69) is 5.32 Å². The summed E-state index contributed by atoms with van der Waals surface area (Å²) in [6.07, 6.45) is -1.69. The number of aromatic hydroxyl groups is 1. The smallest absolute Gasteiger partial charge is 0.334 e. The number of hydrogen-bond donors (Lipinski definition) is 4. The molecule has 7 nitrogen and oxygen atoms in total. The lowest BCUT2D eigenvalue weighted by molar-refractivity contribution is -0.146. The van der Waals surface area contributed by atoms with Crippen molar-refractivity contribution in [3.63, 3.8) is 0 Å². The van der Waals surface area contributed by atoms with Crippen LogP contribution >= 0.6 is 0 Å². The van der Waals surface area contributed by atoms with Crippen LogP contribution in [0.1, 0.15) is 10.4 Å². The summed E-state index contributed by atoms with van der Waals surface area (Å²) in [5.74, 6) is -2.36. The highest BCUT2D eigenvalue weighted by atomic mass is 16.5. The molecule has 0 radical (unpaired) electrons. The van der Waals surface area contributed by atoms with Crippen molar-refractivity contribution < 1.29 is 29.6 Å². The molecule has 0 saturated carbocycles. The number of methoxy groups -OCH3 is 1. The summed E-state index contributed by atoms with van der Waals surface area (Å²) in [7, 11) is 1.34. The van der Waals surface area contributed by atoms with Crippen LogP contribution in [0.4, 0.5) is 0 Å². The fourth-order valence-electron chi connectivity index (χ4n) is 1.24. The maximum atomic E-state index is 11.6. The minimum atomic E-state index is -1.69. The summed E-state index contributed by atoms with van der Waals surface area (Å²) in [5.41, 5.74) is -0.0630. The van der Waals surface area contributed by atoms with Crippen LogP contribution in [0, 0.1) is 0 Å². The van der Waals surface area contributed by atoms with Crippen LogP contribution in [-0.4, -0.2) is 47.0 Å². The molecule has 0 aliphatic carbocycles. The van der Waals surface area contributed by atoms with E-state index in [1.54, 1.807) is 0 Å². The summed E-state index contributed by atoms with van der Waals surface area (Å²) in [4.78, 5) is 22.0. The van der Waals surface area contributed by atoms with Gasteiger partial charge in [-0.05, 0) is 12.1 Å². The molecule has 1 aromatic rings. The second-order valence-electron chi connectivity index (χ2n) is 3.42. The molecule has 0 heterocycles. The molecule has 0 unspecified atom stereocenters. The molecule has 1 aromatic carbocycles. The van der Waals surface area contributed by atoms with Gasteiger partial charge in [-0.3, -0.25) is 4.79 Å². The molecule has 1 amide bonds. The molecule has 0 spiro atoms. The van der Waals surface area contributed by atoms with Gasteiger partial charge in [0.2, 0.25) is 0 Å². The highest BCUT2D eigenvalue weighted by Crippen LogP contribution is 2.28. The van der Waals surface area contributed by atoms with Crippen molar-refractivity contribution in [2.24, 2.45) is 0 Å². The Labute approximate surface area is 103 Å². The number of carbonyl (C=O) groups excluding carboxylic acids is 1. The predicted octanol–water partition coefficient (Wildman–Crippen LogP) is -0.424. The normalized spacial score (nSPS) is 11.7. The van der Waals surface area contributed by atoms with E-state index in [4.69, 9.17) is 14.9 Å². The van der Waals surface area contributed by atoms with Gasteiger partial charge in [0.1, 0.15) is 0 Å². The summed E-state index contributed by atoms with van der Waals surface area (Å²) in [6.45, 7) is -0.454. The standard InChI is InChI=1S/C11H13NO6/c1-18-8-4-2-3-6(9(8)14)10(15)12-5-7(13)11(16)17/h2-4,7,13-14H,5H2,1H3,(H,12,15)(H,16,17)/t7-/m0/s1. The Balaban J connectivity index is 2.76. The van der Waals surface area contributed by atoms with Crippen LogP contribution in [0.15, 0.2) is 18.2 Å². The van der Waals surface area contributed by atoms with Gasteiger partial charge in [-0.2, -0.15) is 0 Å². The van der Waals surface area contributed by atoms with E-state index in [-0.39, 0.29) is 17.1 Å². The minimum Gasteiger partial charge on any atom is -0.504 e. The first kappa shape index (κ1) is 13.8. The van der Waals surface area contributed by atoms with E-state index in [9.17, 15) is 14.7 Å². The average molecular weight is 255 g/mol. The molecule has 0 bridgehead atoms. The largest absolute Gasteiger partial charge is 0.504 e. The fourth-order valence-corrected chi connectivity index (χ4v) is 1.24. The molecular formula is C11H13NO6. The van der Waals surface area contributed by atoms with Gasteiger partial charge in [0.25, 0.3) is 5.91 Å². The summed E-state index contributed by atoms with van der Waals surface area (Å²) < 4.78 is 4.83. The molecule has 7 heteroatoms. The number of phenolic OH excluding ortho intramolecular Hbond substituents is 1. The zero-order valence-electron chi connectivity index (χ0n) is 9.58. The number of carboxylic acids is 1. The maximum absolute atomic E-state index is 11.6. The number of aliphatic hydroxyl groups excluding tert-OH is 1. The van der Waals surface area contributed by atoms with E-state index in [0.717, 1.165) is 0 Å². The van der Waals surface area contributed by atoms with Crippen LogP contribution in [0.2, 0.25) is 0 Å². The number of aliphatic hydroxyl groups is 1. The van der Waals surface area contributed by atoms with Gasteiger partial charge in [0, 0.05) is 0 Å². The van der Waals surface area contributed by atoms with Gasteiger partial charge in [0.15, 0.2) is 17.6 Å². The first-order valence-electron chi connectivity index (χ1n) is 5.02. The van der Waals surface area contributed by atoms with E-state index in [1.165, 1.54) is 25.3 Å². The summed E-state index contributed by atoms with van der Waals surface area (Å²) in [5, 5.41) is 29.3. The summed E-state index contributed by atoms with van der Waals surface area (Å²) in [6, 6.07) is 4.32. The number of carboxylic acid groups (broad SMARTS) is 1. The lowest BCUT2D eigenvalue weighted by Gasteiger charge is -2.10. The molecule has 1 rings (SSSR count). The van der Waals surface area contributed by atoms with E-state index in [0.29, 0.717) is 0 Å². The van der Waals surface area contributed by atoms with Crippen molar-refractivity contribution in [1.82, 2.24) is 5.32 Å². The number of phenols is 1. The molecular weight excluding hydrogens is 242 g/mol. The monoisotopic (exact) mass is 255 g/mol. The van der Waals surface area contributed by atoms with Gasteiger partial charge in [-0.1, -0.05) is 6.07 Å². The zero-order valence-corrected chi connectivity index (χ0v) is 9.58. The number of rotatable bonds is 5. The van der Waals surface area contributed by atoms with Gasteiger partial charge >= 0.3 is 5.97 Å². The SMILES string of the molecule is COc1cccc(C(=O)NC[C@H](O)C(=O)O)c1O. The highest BCUT2D eigenvalue weighted by molar-refractivity contribution is 5.97. The number of carbonyl (C=O) groups is 2. The molecule has 0 aromatic heterocycles. The number of benzene rings is 1. The van der Waals surface area contributed by atoms with Gasteiger partial charge in [-0.25, -0.2) is 4.79 Å². The first-order chi connectivity index (χ1) is 8.47. The Bertz CT molecular complexity index is 459. The molecule has 0 fully saturated rings. The van der Waals surface area contributed by atoms with Crippen molar-refractivity contribution in [1.29, 1.82) is 0 Å². The number of nitrogens with one attached hydrogen (secondary N) is 1. The second kappa shape index (κ2) is 5.87. The molecule has 0 saturated heterocycles. The third-order valence-electron chi connectivity index (χ3n) is 2.20. The van der Waals surface area contributed by atoms with Crippen LogP contribution in [0.25, 0.3) is 0 Å². The van der Waals surface area contributed by atoms with Gasteiger partial charge < -0.3 is 25.4 Å². The van der Waals surface area contributed by atoms with E-state index in [1.807, 2.05) is 0 Å². The Kier molecular flexibility index (Phi) is 4.50. The van der Waals surface area contributed by atoms with Crippen molar-refractivity contribution in [2.75, 3.05) is 13.7 Å². The summed E-state index contributed by atoms with van der Waals surface area (Å²) >= 11 is 0. The fraction of sp³-hybridized carbons (Fsp3) is 0.273. The lowest BCUT2D eigenvalue weighted by Crippen LogP contribution is -2.36. The highest BCUT2D eigenvalue weighted by Gasteiger charge is 2.18. The Hall–Kier alpha value is -2.28. The Morgan fingerprint density at radius 1 is 1.44 bits per heavy atom. The number of para-hydroxylation sites is 1.